The normalized spacial score (nSPS) is 12.5. The molecule has 2 aromatic rings. The Morgan fingerprint density at radius 1 is 1.12 bits per heavy atom. The highest BCUT2D eigenvalue weighted by atomic mass is 35.5. The van der Waals surface area contributed by atoms with E-state index >= 15 is 0 Å². The molecule has 0 radical (unpaired) electrons. The third-order valence-electron chi connectivity index (χ3n) is 3.63. The Kier molecular flexibility index (Phi) is 6.26. The van der Waals surface area contributed by atoms with Gasteiger partial charge in [0.2, 0.25) is 5.91 Å². The molecule has 0 fully saturated rings. The largest absolute Gasteiger partial charge is 0.480 e. The van der Waals surface area contributed by atoms with Crippen LogP contribution in [0, 0.1) is 0 Å². The Bertz CT molecular complexity index is 808. The van der Waals surface area contributed by atoms with Crippen LogP contribution in [0.2, 0.25) is 5.02 Å². The minimum atomic E-state index is -4.51. The number of benzene rings is 2. The highest BCUT2D eigenvalue weighted by Gasteiger charge is 2.30. The minimum Gasteiger partial charge on any atom is -0.480 e. The molecule has 138 valence electrons. The van der Waals surface area contributed by atoms with E-state index in [-0.39, 0.29) is 18.4 Å². The van der Waals surface area contributed by atoms with Crippen LogP contribution in [-0.2, 0) is 28.6 Å². The maximum absolute atomic E-state index is 12.7. The van der Waals surface area contributed by atoms with Crippen LogP contribution < -0.4 is 5.32 Å². The van der Waals surface area contributed by atoms with Gasteiger partial charge < -0.3 is 10.4 Å². The summed E-state index contributed by atoms with van der Waals surface area (Å²) in [6.45, 7) is 0. The van der Waals surface area contributed by atoms with E-state index in [2.05, 4.69) is 5.32 Å². The first kappa shape index (κ1) is 19.8. The topological polar surface area (TPSA) is 66.4 Å². The van der Waals surface area contributed by atoms with Gasteiger partial charge in [0, 0.05) is 11.4 Å². The number of nitrogens with one attached hydrogen (secondary N) is 1. The van der Waals surface area contributed by atoms with Gasteiger partial charge in [0.1, 0.15) is 6.04 Å². The molecule has 2 aromatic carbocycles. The zero-order valence-corrected chi connectivity index (χ0v) is 14.1. The van der Waals surface area contributed by atoms with E-state index in [9.17, 15) is 27.9 Å². The van der Waals surface area contributed by atoms with Gasteiger partial charge in [-0.3, -0.25) is 4.79 Å². The molecule has 0 aliphatic carbocycles. The van der Waals surface area contributed by atoms with Gasteiger partial charge in [-0.2, -0.15) is 13.2 Å². The number of hydrogen-bond donors (Lipinski definition) is 2. The number of carboxylic acids is 1. The van der Waals surface area contributed by atoms with E-state index in [1.54, 1.807) is 24.3 Å². The van der Waals surface area contributed by atoms with Crippen LogP contribution in [0.5, 0.6) is 0 Å². The molecule has 2 rings (SSSR count). The minimum absolute atomic E-state index is 0.0384. The Balaban J connectivity index is 2.07. The first-order valence-corrected chi connectivity index (χ1v) is 7.96. The van der Waals surface area contributed by atoms with Gasteiger partial charge in [0.15, 0.2) is 0 Å². The van der Waals surface area contributed by atoms with Crippen molar-refractivity contribution in [2.45, 2.75) is 25.1 Å². The SMILES string of the molecule is O=C(Cc1cccc(C(F)(F)F)c1)N[C@H](Cc1ccccc1Cl)C(=O)O. The van der Waals surface area contributed by atoms with Crippen LogP contribution in [0.15, 0.2) is 48.5 Å². The lowest BCUT2D eigenvalue weighted by molar-refractivity contribution is -0.141. The molecule has 0 unspecified atom stereocenters. The van der Waals surface area contributed by atoms with E-state index in [1.165, 1.54) is 12.1 Å². The predicted molar refractivity (Wildman–Crippen MR) is 89.9 cm³/mol. The first-order chi connectivity index (χ1) is 12.2. The lowest BCUT2D eigenvalue weighted by Gasteiger charge is -2.16. The van der Waals surface area contributed by atoms with E-state index in [0.29, 0.717) is 10.6 Å². The highest BCUT2D eigenvalue weighted by Crippen LogP contribution is 2.29. The zero-order valence-electron chi connectivity index (χ0n) is 13.4. The molecule has 4 nitrogen and oxygen atoms in total. The van der Waals surface area contributed by atoms with Crippen molar-refractivity contribution >= 4 is 23.5 Å². The van der Waals surface area contributed by atoms with Crippen molar-refractivity contribution in [3.63, 3.8) is 0 Å². The fourth-order valence-corrected chi connectivity index (χ4v) is 2.59. The van der Waals surface area contributed by atoms with Gasteiger partial charge in [0.05, 0.1) is 12.0 Å². The zero-order chi connectivity index (χ0) is 19.3. The lowest BCUT2D eigenvalue weighted by Crippen LogP contribution is -2.43. The molecular weight excluding hydrogens is 371 g/mol. The van der Waals surface area contributed by atoms with Gasteiger partial charge in [0.25, 0.3) is 0 Å². The van der Waals surface area contributed by atoms with Crippen LogP contribution in [0.4, 0.5) is 13.2 Å². The van der Waals surface area contributed by atoms with Crippen LogP contribution in [0.25, 0.3) is 0 Å². The van der Waals surface area contributed by atoms with Crippen LogP contribution in [0.3, 0.4) is 0 Å². The van der Waals surface area contributed by atoms with Gasteiger partial charge >= 0.3 is 12.1 Å². The predicted octanol–water partition coefficient (Wildman–Crippen LogP) is 3.71. The fraction of sp³-hybridized carbons (Fsp3) is 0.222. The number of alkyl halides is 3. The number of rotatable bonds is 6. The van der Waals surface area contributed by atoms with E-state index in [4.69, 9.17) is 11.6 Å². The summed E-state index contributed by atoms with van der Waals surface area (Å²) in [4.78, 5) is 23.5. The first-order valence-electron chi connectivity index (χ1n) is 7.58. The van der Waals surface area contributed by atoms with Crippen LogP contribution in [-0.4, -0.2) is 23.0 Å². The number of aliphatic carboxylic acids is 1. The number of carbonyl (C=O) groups excluding carboxylic acids is 1. The second-order valence-corrected chi connectivity index (χ2v) is 6.04. The maximum atomic E-state index is 12.7. The Morgan fingerprint density at radius 3 is 2.42 bits per heavy atom. The van der Waals surface area contributed by atoms with Crippen molar-refractivity contribution in [1.82, 2.24) is 5.32 Å². The summed E-state index contributed by atoms with van der Waals surface area (Å²) < 4.78 is 38.1. The molecule has 0 aliphatic rings. The number of carboxylic acid groups (broad SMARTS) is 1. The van der Waals surface area contributed by atoms with E-state index in [1.807, 2.05) is 0 Å². The van der Waals surface area contributed by atoms with Gasteiger partial charge in [-0.1, -0.05) is 48.0 Å². The summed E-state index contributed by atoms with van der Waals surface area (Å²) >= 11 is 5.99. The number of hydrogen-bond acceptors (Lipinski definition) is 2. The third-order valence-corrected chi connectivity index (χ3v) is 4.00. The van der Waals surface area contributed by atoms with Gasteiger partial charge in [-0.25, -0.2) is 4.79 Å². The van der Waals surface area contributed by atoms with E-state index < -0.39 is 29.7 Å². The van der Waals surface area contributed by atoms with Crippen molar-refractivity contribution in [1.29, 1.82) is 0 Å². The molecule has 26 heavy (non-hydrogen) atoms. The molecule has 0 saturated heterocycles. The monoisotopic (exact) mass is 385 g/mol. The average Bonchev–Trinajstić information content (AvgIpc) is 2.55. The molecule has 1 amide bonds. The maximum Gasteiger partial charge on any atom is 0.416 e. The second-order valence-electron chi connectivity index (χ2n) is 5.63. The average molecular weight is 386 g/mol. The summed E-state index contributed by atoms with van der Waals surface area (Å²) in [6, 6.07) is 9.70. The quantitative estimate of drug-likeness (QED) is 0.796. The second kappa shape index (κ2) is 8.23. The summed E-state index contributed by atoms with van der Waals surface area (Å²) in [7, 11) is 0. The van der Waals surface area contributed by atoms with Crippen molar-refractivity contribution in [3.05, 3.63) is 70.2 Å². The highest BCUT2D eigenvalue weighted by molar-refractivity contribution is 6.31. The molecule has 0 aliphatic heterocycles. The Morgan fingerprint density at radius 2 is 1.81 bits per heavy atom. The standard InChI is InChI=1S/C18H15ClF3NO3/c19-14-7-2-1-5-12(14)10-15(17(25)26)23-16(24)9-11-4-3-6-13(8-11)18(20,21)22/h1-8,15H,9-10H2,(H,23,24)(H,25,26)/t15-/m1/s1. The molecular formula is C18H15ClF3NO3. The summed E-state index contributed by atoms with van der Waals surface area (Å²) in [5.74, 6) is -1.95. The molecule has 8 heteroatoms. The number of carbonyl (C=O) groups is 2. The van der Waals surface area contributed by atoms with Crippen molar-refractivity contribution in [2.24, 2.45) is 0 Å². The molecule has 0 aromatic heterocycles. The third kappa shape index (κ3) is 5.49. The van der Waals surface area contributed by atoms with Gasteiger partial charge in [-0.05, 0) is 23.3 Å². The smallest absolute Gasteiger partial charge is 0.416 e. The van der Waals surface area contributed by atoms with Crippen molar-refractivity contribution in [3.8, 4) is 0 Å². The summed E-state index contributed by atoms with van der Waals surface area (Å²) in [6.07, 6.45) is -4.92. The fourth-order valence-electron chi connectivity index (χ4n) is 2.37. The molecule has 1 atom stereocenters. The molecule has 0 bridgehead atoms. The molecule has 0 heterocycles. The van der Waals surface area contributed by atoms with Crippen molar-refractivity contribution < 1.29 is 27.9 Å². The molecule has 0 saturated carbocycles. The Labute approximate surface area is 152 Å². The molecule has 2 N–H and O–H groups in total. The lowest BCUT2D eigenvalue weighted by atomic mass is 10.0. The van der Waals surface area contributed by atoms with Crippen LogP contribution >= 0.6 is 11.6 Å². The molecule has 0 spiro atoms. The number of amides is 1. The van der Waals surface area contributed by atoms with E-state index in [0.717, 1.165) is 12.1 Å². The van der Waals surface area contributed by atoms with Crippen molar-refractivity contribution in [2.75, 3.05) is 0 Å². The number of halogens is 4. The van der Waals surface area contributed by atoms with Gasteiger partial charge in [-0.15, -0.1) is 0 Å². The Hall–Kier alpha value is -2.54. The summed E-state index contributed by atoms with van der Waals surface area (Å²) in [5.41, 5.74) is -0.186. The summed E-state index contributed by atoms with van der Waals surface area (Å²) in [5, 5.41) is 12.0. The van der Waals surface area contributed by atoms with Crippen LogP contribution in [0.1, 0.15) is 16.7 Å².